The Bertz CT molecular complexity index is 828. The first-order valence-corrected chi connectivity index (χ1v) is 8.26. The lowest BCUT2D eigenvalue weighted by Gasteiger charge is -2.49. The Morgan fingerprint density at radius 1 is 1.29 bits per heavy atom. The van der Waals surface area contributed by atoms with Gasteiger partial charge in [-0.05, 0) is 25.0 Å². The summed E-state index contributed by atoms with van der Waals surface area (Å²) in [4.78, 5) is 32.6. The molecule has 1 aromatic heterocycles. The van der Waals surface area contributed by atoms with E-state index in [4.69, 9.17) is 4.74 Å². The van der Waals surface area contributed by atoms with Crippen LogP contribution >= 0.6 is 0 Å². The lowest BCUT2D eigenvalue weighted by Crippen LogP contribution is -2.67. The van der Waals surface area contributed by atoms with Crippen LogP contribution in [0.1, 0.15) is 18.2 Å². The number of methoxy groups -OCH3 is 1. The van der Waals surface area contributed by atoms with Crippen LogP contribution in [0.3, 0.4) is 0 Å². The summed E-state index contributed by atoms with van der Waals surface area (Å²) in [7, 11) is 1.60. The minimum absolute atomic E-state index is 0.00231. The van der Waals surface area contributed by atoms with E-state index in [2.05, 4.69) is 11.1 Å². The van der Waals surface area contributed by atoms with Gasteiger partial charge in [-0.3, -0.25) is 9.59 Å². The fourth-order valence-electron chi connectivity index (χ4n) is 4.06. The number of ether oxygens (including phenoxy) is 1. The molecule has 3 heterocycles. The van der Waals surface area contributed by atoms with Gasteiger partial charge in [0.15, 0.2) is 5.54 Å². The molecule has 2 aliphatic heterocycles. The van der Waals surface area contributed by atoms with Crippen molar-refractivity contribution < 1.29 is 14.3 Å². The Morgan fingerprint density at radius 2 is 2.08 bits per heavy atom. The normalized spacial score (nSPS) is 23.6. The highest BCUT2D eigenvalue weighted by Gasteiger charge is 2.53. The number of amides is 2. The molecule has 2 aliphatic rings. The summed E-state index contributed by atoms with van der Waals surface area (Å²) in [5, 5.41) is 1.14. The van der Waals surface area contributed by atoms with E-state index in [9.17, 15) is 9.59 Å². The molecule has 0 saturated carbocycles. The van der Waals surface area contributed by atoms with Crippen LogP contribution in [-0.4, -0.2) is 59.9 Å². The van der Waals surface area contributed by atoms with Crippen LogP contribution in [0.5, 0.6) is 0 Å². The number of para-hydroxylation sites is 1. The summed E-state index contributed by atoms with van der Waals surface area (Å²) in [6.07, 6.45) is 0.770. The van der Waals surface area contributed by atoms with Gasteiger partial charge in [0.05, 0.1) is 18.8 Å². The molecule has 0 spiro atoms. The van der Waals surface area contributed by atoms with Gasteiger partial charge in [-0.25, -0.2) is 0 Å². The van der Waals surface area contributed by atoms with Crippen molar-refractivity contribution in [3.05, 3.63) is 35.5 Å². The van der Waals surface area contributed by atoms with Crippen LogP contribution in [0, 0.1) is 0 Å². The van der Waals surface area contributed by atoms with Crippen molar-refractivity contribution in [2.24, 2.45) is 0 Å². The van der Waals surface area contributed by atoms with E-state index in [0.717, 1.165) is 28.6 Å². The van der Waals surface area contributed by atoms with Gasteiger partial charge < -0.3 is 19.5 Å². The number of hydrogen-bond donors (Lipinski definition) is 1. The van der Waals surface area contributed by atoms with Gasteiger partial charge in [-0.1, -0.05) is 18.2 Å². The number of fused-ring (bicyclic) bond motifs is 5. The van der Waals surface area contributed by atoms with Gasteiger partial charge in [-0.15, -0.1) is 0 Å². The van der Waals surface area contributed by atoms with E-state index in [1.54, 1.807) is 16.9 Å². The highest BCUT2D eigenvalue weighted by atomic mass is 16.5. The first kappa shape index (κ1) is 15.2. The standard InChI is InChI=1S/C18H21N3O3/c1-18-16-13(12-5-3-4-6-14(12)19-16)7-8-21(18)15(22)11-20(17(18)23)9-10-24-2/h3-6,19H,7-11H2,1-2H3/t18-/m1/s1. The zero-order valence-corrected chi connectivity index (χ0v) is 14.0. The largest absolute Gasteiger partial charge is 0.383 e. The smallest absolute Gasteiger partial charge is 0.255 e. The number of piperazine rings is 1. The minimum Gasteiger partial charge on any atom is -0.383 e. The molecule has 0 aliphatic carbocycles. The van der Waals surface area contributed by atoms with E-state index >= 15 is 0 Å². The number of benzene rings is 1. The number of H-pyrrole nitrogens is 1. The number of carbonyl (C=O) groups excluding carboxylic acids is 2. The highest BCUT2D eigenvalue weighted by Crippen LogP contribution is 2.41. The van der Waals surface area contributed by atoms with Crippen LogP contribution in [0.25, 0.3) is 10.9 Å². The third kappa shape index (κ3) is 1.92. The molecule has 0 radical (unpaired) electrons. The van der Waals surface area contributed by atoms with Crippen LogP contribution in [0.15, 0.2) is 24.3 Å². The lowest BCUT2D eigenvalue weighted by molar-refractivity contribution is -0.166. The molecular weight excluding hydrogens is 306 g/mol. The van der Waals surface area contributed by atoms with Crippen LogP contribution in [0.2, 0.25) is 0 Å². The number of hydrogen-bond acceptors (Lipinski definition) is 3. The van der Waals surface area contributed by atoms with Crippen LogP contribution < -0.4 is 0 Å². The molecular formula is C18H21N3O3. The fraction of sp³-hybridized carbons (Fsp3) is 0.444. The van der Waals surface area contributed by atoms with E-state index in [1.165, 1.54) is 0 Å². The third-order valence-electron chi connectivity index (χ3n) is 5.32. The number of carbonyl (C=O) groups is 2. The first-order valence-electron chi connectivity index (χ1n) is 8.26. The average Bonchev–Trinajstić information content (AvgIpc) is 2.97. The Balaban J connectivity index is 1.85. The molecule has 1 saturated heterocycles. The molecule has 0 unspecified atom stereocenters. The molecule has 4 rings (SSSR count). The SMILES string of the molecule is COCCN1CC(=O)N2CCc3c([nH]c4ccccc34)[C@]2(C)C1=O. The summed E-state index contributed by atoms with van der Waals surface area (Å²) >= 11 is 0. The zero-order chi connectivity index (χ0) is 16.9. The predicted molar refractivity (Wildman–Crippen MR) is 89.5 cm³/mol. The molecule has 0 bridgehead atoms. The highest BCUT2D eigenvalue weighted by molar-refractivity contribution is 6.00. The zero-order valence-electron chi connectivity index (χ0n) is 14.0. The molecule has 1 fully saturated rings. The van der Waals surface area contributed by atoms with Crippen LogP contribution in [-0.2, 0) is 26.3 Å². The second-order valence-corrected chi connectivity index (χ2v) is 6.61. The number of rotatable bonds is 3. The van der Waals surface area contributed by atoms with Gasteiger partial charge >= 0.3 is 0 Å². The molecule has 1 N–H and O–H groups in total. The average molecular weight is 327 g/mol. The molecule has 2 aromatic rings. The van der Waals surface area contributed by atoms with E-state index in [-0.39, 0.29) is 18.4 Å². The van der Waals surface area contributed by atoms with Crippen molar-refractivity contribution in [1.29, 1.82) is 0 Å². The molecule has 1 atom stereocenters. The molecule has 1 aromatic carbocycles. The molecule has 6 heteroatoms. The van der Waals surface area contributed by atoms with E-state index < -0.39 is 5.54 Å². The van der Waals surface area contributed by atoms with Crippen molar-refractivity contribution in [3.8, 4) is 0 Å². The summed E-state index contributed by atoms with van der Waals surface area (Å²) < 4.78 is 5.09. The minimum atomic E-state index is -0.963. The van der Waals surface area contributed by atoms with E-state index in [1.807, 2.05) is 25.1 Å². The lowest BCUT2D eigenvalue weighted by atomic mass is 9.83. The maximum Gasteiger partial charge on any atom is 0.255 e. The number of aromatic nitrogens is 1. The van der Waals surface area contributed by atoms with Crippen molar-refractivity contribution >= 4 is 22.7 Å². The second-order valence-electron chi connectivity index (χ2n) is 6.61. The Morgan fingerprint density at radius 3 is 2.88 bits per heavy atom. The van der Waals surface area contributed by atoms with Gasteiger partial charge in [0, 0.05) is 31.1 Å². The molecule has 2 amide bonds. The summed E-state index contributed by atoms with van der Waals surface area (Å²) in [6.45, 7) is 3.43. The summed E-state index contributed by atoms with van der Waals surface area (Å²) in [5.41, 5.74) is 2.06. The maximum atomic E-state index is 13.2. The monoisotopic (exact) mass is 327 g/mol. The van der Waals surface area contributed by atoms with E-state index in [0.29, 0.717) is 19.7 Å². The Kier molecular flexibility index (Phi) is 3.38. The molecule has 6 nitrogen and oxygen atoms in total. The third-order valence-corrected chi connectivity index (χ3v) is 5.32. The fourth-order valence-corrected chi connectivity index (χ4v) is 4.06. The predicted octanol–water partition coefficient (Wildman–Crippen LogP) is 1.26. The molecule has 126 valence electrons. The number of nitrogens with one attached hydrogen (secondary N) is 1. The summed E-state index contributed by atoms with van der Waals surface area (Å²) in [6, 6.07) is 8.06. The van der Waals surface area contributed by atoms with Gasteiger partial charge in [0.25, 0.3) is 5.91 Å². The number of aromatic amines is 1. The Hall–Kier alpha value is -2.34. The van der Waals surface area contributed by atoms with Crippen LogP contribution in [0.4, 0.5) is 0 Å². The van der Waals surface area contributed by atoms with Crippen molar-refractivity contribution in [1.82, 2.24) is 14.8 Å². The van der Waals surface area contributed by atoms with Gasteiger partial charge in [0.2, 0.25) is 5.91 Å². The molecule has 24 heavy (non-hydrogen) atoms. The summed E-state index contributed by atoms with van der Waals surface area (Å²) in [5.74, 6) is -0.0378. The first-order chi connectivity index (χ1) is 11.6. The second kappa shape index (κ2) is 5.34. The quantitative estimate of drug-likeness (QED) is 0.923. The van der Waals surface area contributed by atoms with Crippen molar-refractivity contribution in [2.75, 3.05) is 33.4 Å². The maximum absolute atomic E-state index is 13.2. The Labute approximate surface area is 140 Å². The topological polar surface area (TPSA) is 65.6 Å². The van der Waals surface area contributed by atoms with Crippen molar-refractivity contribution in [2.45, 2.75) is 18.9 Å². The van der Waals surface area contributed by atoms with Gasteiger partial charge in [-0.2, -0.15) is 0 Å². The van der Waals surface area contributed by atoms with Gasteiger partial charge in [0.1, 0.15) is 0 Å². The number of nitrogens with zero attached hydrogens (tertiary/aromatic N) is 2. The van der Waals surface area contributed by atoms with Crippen molar-refractivity contribution in [3.63, 3.8) is 0 Å².